The molecule has 0 unspecified atom stereocenters. The number of nitrogen functional groups attached to an aromatic ring is 1. The molecule has 2 aromatic rings. The Hall–Kier alpha value is -2.83. The van der Waals surface area contributed by atoms with Crippen LogP contribution in [0.1, 0.15) is 17.4 Å². The Balaban J connectivity index is 2.00. The van der Waals surface area contributed by atoms with Crippen LogP contribution in [0, 0.1) is 0 Å². The van der Waals surface area contributed by atoms with Gasteiger partial charge in [-0.15, -0.1) is 0 Å². The monoisotopic (exact) mass is 287 g/mol. The second-order valence-corrected chi connectivity index (χ2v) is 4.37. The lowest BCUT2D eigenvalue weighted by Gasteiger charge is -2.04. The lowest BCUT2D eigenvalue weighted by molar-refractivity contribution is -0.120. The molecule has 1 aromatic heterocycles. The third-order valence-corrected chi connectivity index (χ3v) is 2.76. The van der Waals surface area contributed by atoms with Crippen molar-refractivity contribution in [1.29, 1.82) is 0 Å². The highest BCUT2D eigenvalue weighted by Gasteiger charge is 2.11. The van der Waals surface area contributed by atoms with E-state index in [0.29, 0.717) is 12.2 Å². The molecule has 0 aliphatic heterocycles. The molecule has 21 heavy (non-hydrogen) atoms. The van der Waals surface area contributed by atoms with Crippen molar-refractivity contribution in [3.8, 4) is 5.69 Å². The van der Waals surface area contributed by atoms with Gasteiger partial charge < -0.3 is 16.4 Å². The summed E-state index contributed by atoms with van der Waals surface area (Å²) in [5.74, 6) is -0.626. The molecule has 110 valence electrons. The highest BCUT2D eigenvalue weighted by molar-refractivity contribution is 5.94. The number of nitrogens with one attached hydrogen (secondary N) is 2. The van der Waals surface area contributed by atoms with Crippen molar-refractivity contribution in [1.82, 2.24) is 20.4 Å². The maximum Gasteiger partial charge on any atom is 0.272 e. The van der Waals surface area contributed by atoms with E-state index < -0.39 is 5.91 Å². The van der Waals surface area contributed by atoms with Crippen molar-refractivity contribution in [2.75, 3.05) is 18.8 Å². The lowest BCUT2D eigenvalue weighted by atomic mass is 10.3. The van der Waals surface area contributed by atoms with Gasteiger partial charge in [0.15, 0.2) is 5.69 Å². The fourth-order valence-electron chi connectivity index (χ4n) is 1.73. The van der Waals surface area contributed by atoms with Gasteiger partial charge >= 0.3 is 0 Å². The van der Waals surface area contributed by atoms with Crippen molar-refractivity contribution in [3.05, 3.63) is 42.2 Å². The third kappa shape index (κ3) is 3.82. The molecule has 0 radical (unpaired) electrons. The lowest BCUT2D eigenvalue weighted by Crippen LogP contribution is -2.36. The van der Waals surface area contributed by atoms with Gasteiger partial charge in [0.1, 0.15) is 0 Å². The molecule has 0 saturated carbocycles. The van der Waals surface area contributed by atoms with Crippen molar-refractivity contribution < 1.29 is 9.59 Å². The van der Waals surface area contributed by atoms with Crippen molar-refractivity contribution >= 4 is 17.5 Å². The standard InChI is InChI=1S/C14H17N5O2/c1-2-16-13(20)9-17-14(21)12-7-8-19(18-12)11-5-3-10(15)4-6-11/h3-8H,2,9,15H2,1H3,(H,16,20)(H,17,21). The SMILES string of the molecule is CCNC(=O)CNC(=O)c1ccn(-c2ccc(N)cc2)n1. The van der Waals surface area contributed by atoms with Gasteiger partial charge in [0.05, 0.1) is 12.2 Å². The Bertz CT molecular complexity index is 633. The highest BCUT2D eigenvalue weighted by Crippen LogP contribution is 2.10. The van der Waals surface area contributed by atoms with Gasteiger partial charge in [-0.3, -0.25) is 9.59 Å². The van der Waals surface area contributed by atoms with Gasteiger partial charge in [0, 0.05) is 18.4 Å². The Labute approximate surface area is 122 Å². The van der Waals surface area contributed by atoms with Gasteiger partial charge in [-0.1, -0.05) is 0 Å². The van der Waals surface area contributed by atoms with Crippen molar-refractivity contribution in [3.63, 3.8) is 0 Å². The number of benzene rings is 1. The van der Waals surface area contributed by atoms with Crippen LogP contribution in [0.25, 0.3) is 5.69 Å². The van der Waals surface area contributed by atoms with Gasteiger partial charge in [-0.05, 0) is 37.3 Å². The molecule has 7 heteroatoms. The molecule has 0 saturated heterocycles. The number of aromatic nitrogens is 2. The number of nitrogens with two attached hydrogens (primary N) is 1. The van der Waals surface area contributed by atoms with E-state index >= 15 is 0 Å². The Morgan fingerprint density at radius 3 is 2.57 bits per heavy atom. The van der Waals surface area contributed by atoms with E-state index in [0.717, 1.165) is 5.69 Å². The first-order valence-electron chi connectivity index (χ1n) is 6.56. The molecule has 0 fully saturated rings. The van der Waals surface area contributed by atoms with E-state index in [-0.39, 0.29) is 18.1 Å². The minimum atomic E-state index is -0.393. The Morgan fingerprint density at radius 2 is 1.90 bits per heavy atom. The summed E-state index contributed by atoms with van der Waals surface area (Å²) in [5.41, 5.74) is 7.32. The predicted molar refractivity (Wildman–Crippen MR) is 79.0 cm³/mol. The predicted octanol–water partition coefficient (Wildman–Crippen LogP) is 0.320. The molecule has 7 nitrogen and oxygen atoms in total. The van der Waals surface area contributed by atoms with E-state index in [4.69, 9.17) is 5.73 Å². The topological polar surface area (TPSA) is 102 Å². The zero-order valence-corrected chi connectivity index (χ0v) is 11.7. The molecule has 0 spiro atoms. The molecular formula is C14H17N5O2. The fraction of sp³-hybridized carbons (Fsp3) is 0.214. The second-order valence-electron chi connectivity index (χ2n) is 4.37. The van der Waals surface area contributed by atoms with E-state index in [1.807, 2.05) is 6.92 Å². The summed E-state index contributed by atoms with van der Waals surface area (Å²) in [6.07, 6.45) is 1.67. The average Bonchev–Trinajstić information content (AvgIpc) is 2.96. The molecular weight excluding hydrogens is 270 g/mol. The molecule has 1 aromatic carbocycles. The fourth-order valence-corrected chi connectivity index (χ4v) is 1.73. The van der Waals surface area contributed by atoms with E-state index in [1.54, 1.807) is 41.2 Å². The molecule has 4 N–H and O–H groups in total. The summed E-state index contributed by atoms with van der Waals surface area (Å²) in [7, 11) is 0. The summed E-state index contributed by atoms with van der Waals surface area (Å²) in [4.78, 5) is 23.1. The largest absolute Gasteiger partial charge is 0.399 e. The molecule has 0 bridgehead atoms. The van der Waals surface area contributed by atoms with Crippen molar-refractivity contribution in [2.24, 2.45) is 0 Å². The summed E-state index contributed by atoms with van der Waals surface area (Å²) in [6, 6.07) is 8.71. The van der Waals surface area contributed by atoms with Crippen LogP contribution in [0.15, 0.2) is 36.5 Å². The van der Waals surface area contributed by atoms with Gasteiger partial charge in [-0.25, -0.2) is 4.68 Å². The van der Waals surface area contributed by atoms with Crippen LogP contribution in [0.3, 0.4) is 0 Å². The molecule has 2 rings (SSSR count). The molecule has 0 aliphatic rings. The first-order valence-corrected chi connectivity index (χ1v) is 6.56. The van der Waals surface area contributed by atoms with Gasteiger partial charge in [0.25, 0.3) is 5.91 Å². The second kappa shape index (κ2) is 6.56. The first kappa shape index (κ1) is 14.6. The molecule has 2 amide bonds. The zero-order chi connectivity index (χ0) is 15.2. The summed E-state index contributed by atoms with van der Waals surface area (Å²) >= 11 is 0. The van der Waals surface area contributed by atoms with Crippen LogP contribution in [-0.2, 0) is 4.79 Å². The zero-order valence-electron chi connectivity index (χ0n) is 11.7. The highest BCUT2D eigenvalue weighted by atomic mass is 16.2. The van der Waals surface area contributed by atoms with Gasteiger partial charge in [0.2, 0.25) is 5.91 Å². The number of anilines is 1. The van der Waals surface area contributed by atoms with E-state index in [2.05, 4.69) is 15.7 Å². The van der Waals surface area contributed by atoms with Crippen LogP contribution >= 0.6 is 0 Å². The molecule has 0 aliphatic carbocycles. The van der Waals surface area contributed by atoms with Crippen LogP contribution < -0.4 is 16.4 Å². The van der Waals surface area contributed by atoms with Crippen LogP contribution in [0.5, 0.6) is 0 Å². The Morgan fingerprint density at radius 1 is 1.19 bits per heavy atom. The molecule has 1 heterocycles. The minimum Gasteiger partial charge on any atom is -0.399 e. The number of likely N-dealkylation sites (N-methyl/N-ethyl adjacent to an activating group) is 1. The van der Waals surface area contributed by atoms with Crippen LogP contribution in [0.2, 0.25) is 0 Å². The Kier molecular flexibility index (Phi) is 4.55. The minimum absolute atomic E-state index is 0.0681. The number of carbonyl (C=O) groups is 2. The van der Waals surface area contributed by atoms with E-state index in [9.17, 15) is 9.59 Å². The maximum absolute atomic E-state index is 11.9. The third-order valence-electron chi connectivity index (χ3n) is 2.76. The number of carbonyl (C=O) groups excluding carboxylic acids is 2. The van der Waals surface area contributed by atoms with Gasteiger partial charge in [-0.2, -0.15) is 5.10 Å². The van der Waals surface area contributed by atoms with Crippen LogP contribution in [-0.4, -0.2) is 34.7 Å². The number of amides is 2. The summed E-state index contributed by atoms with van der Waals surface area (Å²) in [5, 5.41) is 9.27. The number of rotatable bonds is 5. The number of nitrogens with zero attached hydrogens (tertiary/aromatic N) is 2. The first-order chi connectivity index (χ1) is 10.1. The maximum atomic E-state index is 11.9. The van der Waals surface area contributed by atoms with Crippen LogP contribution in [0.4, 0.5) is 5.69 Å². The van der Waals surface area contributed by atoms with Crippen molar-refractivity contribution in [2.45, 2.75) is 6.92 Å². The number of hydrogen-bond acceptors (Lipinski definition) is 4. The summed E-state index contributed by atoms with van der Waals surface area (Å²) in [6.45, 7) is 2.27. The average molecular weight is 287 g/mol. The quantitative estimate of drug-likeness (QED) is 0.689. The smallest absolute Gasteiger partial charge is 0.272 e. The molecule has 0 atom stereocenters. The van der Waals surface area contributed by atoms with E-state index in [1.165, 1.54) is 0 Å². The summed E-state index contributed by atoms with van der Waals surface area (Å²) < 4.78 is 1.57. The number of hydrogen-bond donors (Lipinski definition) is 3. The normalized spacial score (nSPS) is 10.1.